The third-order valence-electron chi connectivity index (χ3n) is 0.839. The first-order valence-corrected chi connectivity index (χ1v) is 3.58. The molecule has 0 heterocycles. The molecule has 0 fully saturated rings. The highest BCUT2D eigenvalue weighted by Gasteiger charge is 1.72. The highest BCUT2D eigenvalue weighted by atomic mass is 14.6. The van der Waals surface area contributed by atoms with Gasteiger partial charge < -0.3 is 0 Å². The first-order chi connectivity index (χ1) is 4.81. The molecule has 0 aromatic rings. The van der Waals surface area contributed by atoms with Gasteiger partial charge in [-0.2, -0.15) is 0 Å². The van der Waals surface area contributed by atoms with E-state index in [-0.39, 0.29) is 0 Å². The molecule has 0 aromatic heterocycles. The molecule has 0 bridgehead atoms. The second-order valence-electron chi connectivity index (χ2n) is 1.49. The predicted molar refractivity (Wildman–Crippen MR) is 49.5 cm³/mol. The lowest BCUT2D eigenvalue weighted by molar-refractivity contribution is 1.50. The molecule has 1 heteroatoms. The zero-order valence-electron chi connectivity index (χ0n) is 7.39. The molecule has 58 valence electrons. The van der Waals surface area contributed by atoms with E-state index in [0.717, 1.165) is 5.57 Å². The third kappa shape index (κ3) is 10.2. The molecular weight excluding hydrogens is 122 g/mol. The van der Waals surface area contributed by atoms with E-state index in [1.807, 2.05) is 33.8 Å². The van der Waals surface area contributed by atoms with Crippen molar-refractivity contribution in [3.05, 3.63) is 24.4 Å². The highest BCUT2D eigenvalue weighted by Crippen LogP contribution is 1.84. The van der Waals surface area contributed by atoms with Gasteiger partial charge in [0.15, 0.2) is 0 Å². The summed E-state index contributed by atoms with van der Waals surface area (Å²) < 4.78 is 0. The summed E-state index contributed by atoms with van der Waals surface area (Å²) in [6, 6.07) is 0. The van der Waals surface area contributed by atoms with Crippen molar-refractivity contribution in [1.29, 1.82) is 0 Å². The molecule has 10 heavy (non-hydrogen) atoms. The predicted octanol–water partition coefficient (Wildman–Crippen LogP) is 3.19. The molecular formula is C9H17N. The number of hydrogen-bond acceptors (Lipinski definition) is 1. The minimum atomic E-state index is 1.16. The summed E-state index contributed by atoms with van der Waals surface area (Å²) in [5.41, 5.74) is 1.16. The van der Waals surface area contributed by atoms with Crippen LogP contribution in [0.2, 0.25) is 0 Å². The molecule has 0 aliphatic heterocycles. The van der Waals surface area contributed by atoms with Crippen LogP contribution >= 0.6 is 0 Å². The van der Waals surface area contributed by atoms with Crippen LogP contribution in [0.3, 0.4) is 0 Å². The van der Waals surface area contributed by atoms with E-state index < -0.39 is 0 Å². The summed E-state index contributed by atoms with van der Waals surface area (Å²) in [7, 11) is 0. The Balaban J connectivity index is 0. The zero-order valence-corrected chi connectivity index (χ0v) is 7.39. The fourth-order valence-corrected chi connectivity index (χ4v) is 0.245. The Morgan fingerprint density at radius 2 is 1.90 bits per heavy atom. The van der Waals surface area contributed by atoms with Gasteiger partial charge in [-0.15, -0.1) is 0 Å². The molecule has 0 N–H and O–H groups in total. The van der Waals surface area contributed by atoms with Crippen LogP contribution in [0.25, 0.3) is 0 Å². The van der Waals surface area contributed by atoms with E-state index in [2.05, 4.69) is 11.6 Å². The molecule has 0 aliphatic carbocycles. The first kappa shape index (κ1) is 11.9. The maximum Gasteiger partial charge on any atom is 0.0293 e. The van der Waals surface area contributed by atoms with Crippen molar-refractivity contribution >= 4 is 6.21 Å². The Morgan fingerprint density at radius 1 is 1.40 bits per heavy atom. The molecule has 0 aliphatic rings. The van der Waals surface area contributed by atoms with Gasteiger partial charge in [-0.25, -0.2) is 0 Å². The molecule has 1 nitrogen and oxygen atoms in total. The average molecular weight is 139 g/mol. The van der Waals surface area contributed by atoms with Gasteiger partial charge in [-0.3, -0.25) is 4.99 Å². The molecule has 0 unspecified atom stereocenters. The second-order valence-corrected chi connectivity index (χ2v) is 1.49. The average Bonchev–Trinajstić information content (AvgIpc) is 2.04. The lowest BCUT2D eigenvalue weighted by Gasteiger charge is -1.81. The second kappa shape index (κ2) is 11.0. The Morgan fingerprint density at radius 3 is 2.20 bits per heavy atom. The maximum absolute atomic E-state index is 3.81. The van der Waals surface area contributed by atoms with Gasteiger partial charge >= 0.3 is 0 Å². The van der Waals surface area contributed by atoms with Crippen molar-refractivity contribution in [3.8, 4) is 0 Å². The van der Waals surface area contributed by atoms with Crippen molar-refractivity contribution in [1.82, 2.24) is 0 Å². The SMILES string of the molecule is C=CN=C/C(C)=C\C.CC. The zero-order chi connectivity index (χ0) is 8.41. The van der Waals surface area contributed by atoms with Gasteiger partial charge in [0.1, 0.15) is 0 Å². The fourth-order valence-electron chi connectivity index (χ4n) is 0.245. The van der Waals surface area contributed by atoms with Crippen LogP contribution in [0.15, 0.2) is 29.4 Å². The van der Waals surface area contributed by atoms with Gasteiger partial charge in [-0.1, -0.05) is 26.5 Å². The van der Waals surface area contributed by atoms with Crippen LogP contribution in [-0.2, 0) is 0 Å². The Hall–Kier alpha value is -0.850. The van der Waals surface area contributed by atoms with E-state index in [1.165, 1.54) is 6.20 Å². The van der Waals surface area contributed by atoms with Crippen LogP contribution in [0, 0.1) is 0 Å². The lowest BCUT2D eigenvalue weighted by atomic mass is 10.3. The molecule has 0 rings (SSSR count). The first-order valence-electron chi connectivity index (χ1n) is 3.58. The topological polar surface area (TPSA) is 12.4 Å². The highest BCUT2D eigenvalue weighted by molar-refractivity contribution is 5.77. The van der Waals surface area contributed by atoms with Crippen LogP contribution in [0.1, 0.15) is 27.7 Å². The molecule has 0 atom stereocenters. The Kier molecular flexibility index (Phi) is 13.1. The molecule has 0 saturated carbocycles. The largest absolute Gasteiger partial charge is 0.265 e. The van der Waals surface area contributed by atoms with E-state index in [9.17, 15) is 0 Å². The van der Waals surface area contributed by atoms with Crippen molar-refractivity contribution in [2.45, 2.75) is 27.7 Å². The molecule has 0 saturated heterocycles. The number of allylic oxidation sites excluding steroid dienone is 2. The van der Waals surface area contributed by atoms with Gasteiger partial charge in [0, 0.05) is 12.4 Å². The van der Waals surface area contributed by atoms with Gasteiger partial charge in [0.2, 0.25) is 0 Å². The number of rotatable bonds is 2. The van der Waals surface area contributed by atoms with Crippen molar-refractivity contribution in [3.63, 3.8) is 0 Å². The van der Waals surface area contributed by atoms with Gasteiger partial charge in [-0.05, 0) is 19.4 Å². The monoisotopic (exact) mass is 139 g/mol. The lowest BCUT2D eigenvalue weighted by Crippen LogP contribution is -1.71. The summed E-state index contributed by atoms with van der Waals surface area (Å²) in [4.78, 5) is 3.81. The van der Waals surface area contributed by atoms with Crippen LogP contribution in [0.5, 0.6) is 0 Å². The minimum Gasteiger partial charge on any atom is -0.265 e. The number of aliphatic imine (C=N–C) groups is 1. The van der Waals surface area contributed by atoms with Crippen molar-refractivity contribution < 1.29 is 0 Å². The molecule has 0 radical (unpaired) electrons. The summed E-state index contributed by atoms with van der Waals surface area (Å²) >= 11 is 0. The fraction of sp³-hybridized carbons (Fsp3) is 0.444. The van der Waals surface area contributed by atoms with E-state index in [1.54, 1.807) is 6.21 Å². The third-order valence-corrected chi connectivity index (χ3v) is 0.839. The van der Waals surface area contributed by atoms with E-state index >= 15 is 0 Å². The summed E-state index contributed by atoms with van der Waals surface area (Å²) in [6.45, 7) is 11.4. The summed E-state index contributed by atoms with van der Waals surface area (Å²) in [6.07, 6.45) is 5.28. The standard InChI is InChI=1S/C7H11N.C2H6/c1-4-7(3)6-8-5-2;1-2/h4-6H,2H2,1,3H3;1-2H3/b7-4-,8-6?;. The van der Waals surface area contributed by atoms with Crippen molar-refractivity contribution in [2.24, 2.45) is 4.99 Å². The quantitative estimate of drug-likeness (QED) is 0.521. The normalized spacial score (nSPS) is 10.6. The van der Waals surface area contributed by atoms with Crippen molar-refractivity contribution in [2.75, 3.05) is 0 Å². The molecule has 0 amide bonds. The minimum absolute atomic E-state index is 1.16. The van der Waals surface area contributed by atoms with E-state index in [0.29, 0.717) is 0 Å². The maximum atomic E-state index is 3.81. The Labute approximate surface area is 64.2 Å². The summed E-state index contributed by atoms with van der Waals surface area (Å²) in [5.74, 6) is 0. The smallest absolute Gasteiger partial charge is 0.0293 e. The molecule has 0 aromatic carbocycles. The van der Waals surface area contributed by atoms with Crippen LogP contribution in [0.4, 0.5) is 0 Å². The molecule has 0 spiro atoms. The van der Waals surface area contributed by atoms with Crippen LogP contribution in [-0.4, -0.2) is 6.21 Å². The Bertz CT molecular complexity index is 121. The van der Waals surface area contributed by atoms with Gasteiger partial charge in [0.25, 0.3) is 0 Å². The van der Waals surface area contributed by atoms with Crippen LogP contribution < -0.4 is 0 Å². The van der Waals surface area contributed by atoms with Gasteiger partial charge in [0.05, 0.1) is 0 Å². The summed E-state index contributed by atoms with van der Waals surface area (Å²) in [5, 5.41) is 0. The number of nitrogens with zero attached hydrogens (tertiary/aromatic N) is 1. The van der Waals surface area contributed by atoms with E-state index in [4.69, 9.17) is 0 Å². The number of hydrogen-bond donors (Lipinski definition) is 0.